The quantitative estimate of drug-likeness (QED) is 0.103. The van der Waals surface area contributed by atoms with Gasteiger partial charge in [-0.1, -0.05) is 54.2 Å². The average Bonchev–Trinajstić information content (AvgIpc) is 2.93. The molecule has 2 aliphatic heterocycles. The molecule has 0 aromatic heterocycles. The second-order valence-corrected chi connectivity index (χ2v) is 20.0. The number of piperidine rings is 1. The van der Waals surface area contributed by atoms with Gasteiger partial charge in [-0.25, -0.2) is 4.79 Å². The number of likely N-dealkylation sites (tertiary alicyclic amines) is 1. The van der Waals surface area contributed by atoms with Gasteiger partial charge in [0.25, 0.3) is 0 Å². The predicted octanol–water partition coefficient (Wildman–Crippen LogP) is 8.39. The molecular weight excluding hydrogens is 562 g/mol. The average molecular weight is 626 g/mol. The summed E-state index contributed by atoms with van der Waals surface area (Å²) in [5, 5.41) is 0. The van der Waals surface area contributed by atoms with Gasteiger partial charge in [0.1, 0.15) is 13.2 Å². The van der Waals surface area contributed by atoms with Crippen LogP contribution in [0.25, 0.3) is 0 Å². The molecule has 2 heterocycles. The van der Waals surface area contributed by atoms with Gasteiger partial charge in [0.2, 0.25) is 8.32 Å². The van der Waals surface area contributed by atoms with Crippen LogP contribution >= 0.6 is 0 Å². The van der Waals surface area contributed by atoms with Crippen molar-refractivity contribution in [3.05, 3.63) is 12.7 Å². The fourth-order valence-corrected chi connectivity index (χ4v) is 12.7. The molecule has 2 aliphatic rings. The molecule has 0 radical (unpaired) electrons. The van der Waals surface area contributed by atoms with E-state index in [2.05, 4.69) is 55.0 Å². The Morgan fingerprint density at radius 3 is 2.19 bits per heavy atom. The zero-order valence-corrected chi connectivity index (χ0v) is 30.0. The third kappa shape index (κ3) is 10.6. The zero-order valence-electron chi connectivity index (χ0n) is 29.0. The summed E-state index contributed by atoms with van der Waals surface area (Å²) in [6.07, 6.45) is 7.81. The first-order chi connectivity index (χ1) is 20.1. The molecule has 1 unspecified atom stereocenters. The van der Waals surface area contributed by atoms with Gasteiger partial charge in [-0.15, -0.1) is 0 Å². The zero-order chi connectivity index (χ0) is 32.4. The lowest BCUT2D eigenvalue weighted by Gasteiger charge is -2.50. The lowest BCUT2D eigenvalue weighted by Crippen LogP contribution is -2.60. The number of nitrogens with zero attached hydrogens (tertiary/aromatic N) is 1. The SMILES string of the molecule is C=CCOC(=O)N1[C@@H](CCC[C@H](COC(=O)C(C)(C)C)OC2CCCCO2)CC[C@@H](O[Si](C(C)C)(C(C)C)C(C)C)[C@@H]1C. The number of esters is 1. The van der Waals surface area contributed by atoms with E-state index in [4.69, 9.17) is 23.4 Å². The van der Waals surface area contributed by atoms with Gasteiger partial charge in [0, 0.05) is 12.6 Å². The van der Waals surface area contributed by atoms with Crippen molar-refractivity contribution in [3.63, 3.8) is 0 Å². The van der Waals surface area contributed by atoms with Gasteiger partial charge in [0.05, 0.1) is 23.7 Å². The minimum atomic E-state index is -2.13. The van der Waals surface area contributed by atoms with Crippen molar-refractivity contribution in [1.82, 2.24) is 4.90 Å². The number of amides is 1. The van der Waals surface area contributed by atoms with Gasteiger partial charge in [-0.3, -0.25) is 9.69 Å². The highest BCUT2D eigenvalue weighted by molar-refractivity contribution is 6.77. The van der Waals surface area contributed by atoms with Crippen molar-refractivity contribution in [2.45, 2.75) is 168 Å². The molecule has 250 valence electrons. The van der Waals surface area contributed by atoms with Crippen LogP contribution in [0.2, 0.25) is 16.6 Å². The fraction of sp³-hybridized carbons (Fsp3) is 0.882. The molecule has 5 atom stereocenters. The molecule has 0 bridgehead atoms. The molecule has 43 heavy (non-hydrogen) atoms. The molecule has 2 saturated heterocycles. The molecule has 8 nitrogen and oxygen atoms in total. The lowest BCUT2D eigenvalue weighted by atomic mass is 9.91. The van der Waals surface area contributed by atoms with Crippen molar-refractivity contribution in [1.29, 1.82) is 0 Å². The van der Waals surface area contributed by atoms with E-state index in [0.717, 1.165) is 44.9 Å². The van der Waals surface area contributed by atoms with E-state index in [1.54, 1.807) is 6.08 Å². The summed E-state index contributed by atoms with van der Waals surface area (Å²) >= 11 is 0. The maximum atomic E-state index is 13.4. The van der Waals surface area contributed by atoms with E-state index < -0.39 is 13.7 Å². The van der Waals surface area contributed by atoms with Crippen LogP contribution in [0.4, 0.5) is 4.79 Å². The summed E-state index contributed by atoms with van der Waals surface area (Å²) < 4.78 is 30.6. The summed E-state index contributed by atoms with van der Waals surface area (Å²) in [5.41, 5.74) is 0.832. The Bertz CT molecular complexity index is 844. The summed E-state index contributed by atoms with van der Waals surface area (Å²) in [4.78, 5) is 27.9. The second kappa shape index (κ2) is 17.3. The van der Waals surface area contributed by atoms with E-state index >= 15 is 0 Å². The highest BCUT2D eigenvalue weighted by Crippen LogP contribution is 2.45. The molecule has 0 aliphatic carbocycles. The molecule has 2 fully saturated rings. The Hall–Kier alpha value is -1.42. The van der Waals surface area contributed by atoms with E-state index in [1.807, 2.05) is 25.7 Å². The highest BCUT2D eigenvalue weighted by Gasteiger charge is 2.49. The maximum Gasteiger partial charge on any atom is 0.410 e. The number of hydrogen-bond donors (Lipinski definition) is 0. The standard InChI is InChI=1S/C34H63NO7Si/c1-12-21-39-33(37)35-27(8)30(42-43(24(2)3,25(4)5)26(6)7)20-19-28(35)16-15-17-29(23-40-32(36)34(9,10)11)41-31-18-13-14-22-38-31/h12,24-31H,1,13-23H2,2-11H3/t27-,28-,29+,30+,31?/m0/s1. The fourth-order valence-electron chi connectivity index (χ4n) is 7.07. The number of ether oxygens (including phenoxy) is 4. The molecule has 0 saturated carbocycles. The van der Waals surface area contributed by atoms with Gasteiger partial charge in [0.15, 0.2) is 6.29 Å². The van der Waals surface area contributed by atoms with Crippen LogP contribution in [0, 0.1) is 5.41 Å². The Morgan fingerprint density at radius 2 is 1.65 bits per heavy atom. The van der Waals surface area contributed by atoms with Gasteiger partial charge in [-0.2, -0.15) is 0 Å². The molecular formula is C34H63NO7Si. The summed E-state index contributed by atoms with van der Waals surface area (Å²) in [5.74, 6) is -0.238. The van der Waals surface area contributed by atoms with Crippen LogP contribution in [-0.4, -0.2) is 75.7 Å². The first-order valence-electron chi connectivity index (χ1n) is 16.8. The number of carbonyl (C=O) groups excluding carboxylic acids is 2. The maximum absolute atomic E-state index is 13.4. The van der Waals surface area contributed by atoms with Crippen molar-refractivity contribution < 1.29 is 33.0 Å². The molecule has 0 aromatic rings. The second-order valence-electron chi connectivity index (χ2n) is 14.6. The third-order valence-corrected chi connectivity index (χ3v) is 15.4. The van der Waals surface area contributed by atoms with Crippen LogP contribution in [0.1, 0.15) is 121 Å². The third-order valence-electron chi connectivity index (χ3n) is 9.31. The smallest absolute Gasteiger partial charge is 0.410 e. The molecule has 9 heteroatoms. The minimum absolute atomic E-state index is 0.0252. The van der Waals surface area contributed by atoms with Crippen molar-refractivity contribution in [2.24, 2.45) is 5.41 Å². The van der Waals surface area contributed by atoms with Crippen molar-refractivity contribution in [3.8, 4) is 0 Å². The Labute approximate surface area is 263 Å². The summed E-state index contributed by atoms with van der Waals surface area (Å²) in [6, 6.07) is -0.0706. The van der Waals surface area contributed by atoms with Crippen LogP contribution in [0.5, 0.6) is 0 Å². The van der Waals surface area contributed by atoms with Crippen LogP contribution < -0.4 is 0 Å². The molecule has 0 aromatic carbocycles. The number of rotatable bonds is 15. The molecule has 1 amide bonds. The normalized spacial score (nSPS) is 24.3. The van der Waals surface area contributed by atoms with Crippen LogP contribution in [0.15, 0.2) is 12.7 Å². The van der Waals surface area contributed by atoms with Gasteiger partial charge < -0.3 is 23.4 Å². The molecule has 0 N–H and O–H groups in total. The Morgan fingerprint density at radius 1 is 1.00 bits per heavy atom. The minimum Gasteiger partial charge on any atom is -0.463 e. The summed E-state index contributed by atoms with van der Waals surface area (Å²) in [6.45, 7) is 26.3. The van der Waals surface area contributed by atoms with Crippen LogP contribution in [0.3, 0.4) is 0 Å². The Balaban J connectivity index is 2.16. The van der Waals surface area contributed by atoms with E-state index in [1.165, 1.54) is 0 Å². The first kappa shape index (κ1) is 37.8. The van der Waals surface area contributed by atoms with Crippen molar-refractivity contribution in [2.75, 3.05) is 19.8 Å². The monoisotopic (exact) mass is 625 g/mol. The molecule has 2 rings (SSSR count). The largest absolute Gasteiger partial charge is 0.463 e. The van der Waals surface area contributed by atoms with Gasteiger partial charge in [-0.05, 0) is 95.7 Å². The number of carbonyl (C=O) groups is 2. The van der Waals surface area contributed by atoms with E-state index in [-0.39, 0.29) is 55.9 Å². The summed E-state index contributed by atoms with van der Waals surface area (Å²) in [7, 11) is -2.13. The van der Waals surface area contributed by atoms with Gasteiger partial charge >= 0.3 is 12.1 Å². The number of hydrogen-bond acceptors (Lipinski definition) is 7. The Kier molecular flexibility index (Phi) is 15.2. The van der Waals surface area contributed by atoms with E-state index in [0.29, 0.717) is 29.7 Å². The van der Waals surface area contributed by atoms with Crippen molar-refractivity contribution >= 4 is 20.4 Å². The van der Waals surface area contributed by atoms with E-state index in [9.17, 15) is 9.59 Å². The lowest BCUT2D eigenvalue weighted by molar-refractivity contribution is -0.202. The highest BCUT2D eigenvalue weighted by atomic mass is 28.4. The topological polar surface area (TPSA) is 83.5 Å². The predicted molar refractivity (Wildman–Crippen MR) is 175 cm³/mol. The first-order valence-corrected chi connectivity index (χ1v) is 19.0. The van der Waals surface area contributed by atoms with Crippen LogP contribution in [-0.2, 0) is 28.2 Å². The molecule has 0 spiro atoms.